The number of aliphatic hydroxyl groups excluding tert-OH is 1. The van der Waals surface area contributed by atoms with Gasteiger partial charge in [0.05, 0.1) is 40.8 Å². The number of ether oxygens (including phenoxy) is 1. The van der Waals surface area contributed by atoms with E-state index in [4.69, 9.17) is 16.3 Å². The van der Waals surface area contributed by atoms with Gasteiger partial charge in [-0.25, -0.2) is 0 Å². The van der Waals surface area contributed by atoms with Gasteiger partial charge in [0.25, 0.3) is 5.91 Å². The second-order valence-corrected chi connectivity index (χ2v) is 11.2. The summed E-state index contributed by atoms with van der Waals surface area (Å²) < 4.78 is 6.94. The zero-order valence-corrected chi connectivity index (χ0v) is 23.1. The topological polar surface area (TPSA) is 90.4 Å². The van der Waals surface area contributed by atoms with Crippen molar-refractivity contribution in [2.45, 2.75) is 63.8 Å². The third-order valence-electron chi connectivity index (χ3n) is 8.65. The molecule has 0 radical (unpaired) electrons. The number of fused-ring (bicyclic) bond motifs is 2. The van der Waals surface area contributed by atoms with E-state index in [1.807, 2.05) is 57.2 Å². The fourth-order valence-electron chi connectivity index (χ4n) is 6.95. The van der Waals surface area contributed by atoms with Crippen LogP contribution in [0.3, 0.4) is 0 Å². The molecule has 3 amide bonds. The van der Waals surface area contributed by atoms with E-state index in [0.29, 0.717) is 30.2 Å². The molecule has 0 saturated carbocycles. The molecular formula is C29H36ClN3O5. The number of carbonyl (C=O) groups excluding carboxylic acids is 3. The van der Waals surface area contributed by atoms with Crippen molar-refractivity contribution in [3.63, 3.8) is 0 Å². The first-order valence-electron chi connectivity index (χ1n) is 13.5. The molecule has 1 unspecified atom stereocenters. The number of amides is 3. The van der Waals surface area contributed by atoms with E-state index in [1.165, 1.54) is 4.90 Å². The Bertz CT molecular complexity index is 1200. The summed E-state index contributed by atoms with van der Waals surface area (Å²) >= 11 is 6.59. The van der Waals surface area contributed by atoms with Crippen molar-refractivity contribution in [2.75, 3.05) is 31.1 Å². The molecule has 1 aromatic carbocycles. The average Bonchev–Trinajstić information content (AvgIpc) is 3.20. The predicted octanol–water partition coefficient (Wildman–Crippen LogP) is 3.10. The maximum atomic E-state index is 14.5. The first kappa shape index (κ1) is 26.9. The molecule has 9 heteroatoms. The molecule has 0 bridgehead atoms. The van der Waals surface area contributed by atoms with E-state index in [9.17, 15) is 19.5 Å². The molecule has 38 heavy (non-hydrogen) atoms. The maximum Gasteiger partial charge on any atom is 0.253 e. The Hall–Kier alpha value is -2.68. The van der Waals surface area contributed by atoms with E-state index >= 15 is 0 Å². The number of hydrogen-bond donors (Lipinski definition) is 1. The van der Waals surface area contributed by atoms with Gasteiger partial charge < -0.3 is 24.5 Å². The zero-order valence-electron chi connectivity index (χ0n) is 22.4. The van der Waals surface area contributed by atoms with Crippen LogP contribution in [0.5, 0.6) is 0 Å². The number of halogens is 1. The lowest BCUT2D eigenvalue weighted by Crippen LogP contribution is -2.58. The number of hydrogen-bond acceptors (Lipinski definition) is 5. The van der Waals surface area contributed by atoms with Gasteiger partial charge >= 0.3 is 0 Å². The highest BCUT2D eigenvalue weighted by Gasteiger charge is 2.75. The Morgan fingerprint density at radius 2 is 1.82 bits per heavy atom. The zero-order chi connectivity index (χ0) is 27.4. The van der Waals surface area contributed by atoms with Crippen LogP contribution in [-0.4, -0.2) is 82.2 Å². The van der Waals surface area contributed by atoms with Crippen molar-refractivity contribution in [3.8, 4) is 0 Å². The lowest BCUT2D eigenvalue weighted by molar-refractivity contribution is -0.152. The molecule has 6 atom stereocenters. The van der Waals surface area contributed by atoms with Crippen LogP contribution in [0.1, 0.15) is 39.2 Å². The average molecular weight is 542 g/mol. The lowest BCUT2D eigenvalue weighted by Gasteiger charge is -2.40. The Morgan fingerprint density at radius 3 is 2.47 bits per heavy atom. The number of aryl methyl sites for hydroxylation is 1. The minimum Gasteiger partial charge on any atom is -0.394 e. The molecule has 5 rings (SSSR count). The Kier molecular flexibility index (Phi) is 6.95. The van der Waals surface area contributed by atoms with E-state index in [0.717, 1.165) is 12.0 Å². The number of benzene rings is 1. The molecule has 1 spiro atoms. The van der Waals surface area contributed by atoms with Crippen molar-refractivity contribution < 1.29 is 24.2 Å². The van der Waals surface area contributed by atoms with Crippen LogP contribution >= 0.6 is 11.6 Å². The standard InChI is InChI=1S/C29H36ClN3O5/c1-5-14-31-15-8-12-28(6-2)21(25(31)35)22-26(36)33(19(4)17-34)24-27(37)32(16-9-13-29(22,24)38-28)23-18(3)10-7-11-20(23)30/h7-13,19,21-22,24,34H,5-6,14-17H2,1-4H3/t19-,21-,22+,24?,28+,29+/m1/s1. The van der Waals surface area contributed by atoms with Crippen LogP contribution in [0, 0.1) is 18.8 Å². The summed E-state index contributed by atoms with van der Waals surface area (Å²) in [6.07, 6.45) is 8.82. The summed E-state index contributed by atoms with van der Waals surface area (Å²) in [4.78, 5) is 47.8. The first-order chi connectivity index (χ1) is 18.2. The molecule has 2 saturated heterocycles. The van der Waals surface area contributed by atoms with Crippen molar-refractivity contribution in [2.24, 2.45) is 11.8 Å². The van der Waals surface area contributed by atoms with Gasteiger partial charge in [-0.15, -0.1) is 0 Å². The van der Waals surface area contributed by atoms with E-state index in [1.54, 1.807) is 22.8 Å². The van der Waals surface area contributed by atoms with Gasteiger partial charge in [-0.1, -0.05) is 61.9 Å². The fraction of sp³-hybridized carbons (Fsp3) is 0.552. The fourth-order valence-corrected chi connectivity index (χ4v) is 7.27. The summed E-state index contributed by atoms with van der Waals surface area (Å²) in [5.41, 5.74) is -0.978. The van der Waals surface area contributed by atoms with Crippen molar-refractivity contribution in [1.82, 2.24) is 9.80 Å². The summed E-state index contributed by atoms with van der Waals surface area (Å²) in [7, 11) is 0. The molecule has 0 aliphatic carbocycles. The molecule has 2 fully saturated rings. The summed E-state index contributed by atoms with van der Waals surface area (Å²) in [5, 5.41) is 10.6. The Morgan fingerprint density at radius 1 is 1.08 bits per heavy atom. The SMILES string of the molecule is CCCN1CC=C[C@]2(CC)O[C@]34C=CCN(c5c(C)cccc5Cl)C(=O)C3N([C@H](C)CO)C(=O)[C@@H]4[C@@H]2C1=O. The highest BCUT2D eigenvalue weighted by Crippen LogP contribution is 2.59. The summed E-state index contributed by atoms with van der Waals surface area (Å²) in [5.74, 6) is -2.49. The van der Waals surface area contributed by atoms with Gasteiger partial charge in [0.2, 0.25) is 11.8 Å². The number of anilines is 1. The largest absolute Gasteiger partial charge is 0.394 e. The van der Waals surface area contributed by atoms with E-state index < -0.39 is 35.1 Å². The van der Waals surface area contributed by atoms with Gasteiger partial charge in [0, 0.05) is 19.6 Å². The van der Waals surface area contributed by atoms with Gasteiger partial charge in [-0.2, -0.15) is 0 Å². The van der Waals surface area contributed by atoms with Gasteiger partial charge in [-0.3, -0.25) is 14.4 Å². The lowest BCUT2D eigenvalue weighted by atomic mass is 9.73. The van der Waals surface area contributed by atoms with Crippen LogP contribution in [0.4, 0.5) is 5.69 Å². The van der Waals surface area contributed by atoms with E-state index in [-0.39, 0.29) is 30.9 Å². The predicted molar refractivity (Wildman–Crippen MR) is 145 cm³/mol. The number of para-hydroxylation sites is 1. The van der Waals surface area contributed by atoms with Crippen LogP contribution < -0.4 is 4.90 Å². The molecule has 0 aromatic heterocycles. The second kappa shape index (κ2) is 9.81. The summed E-state index contributed by atoms with van der Waals surface area (Å²) in [6.45, 7) is 8.50. The molecular weight excluding hydrogens is 506 g/mol. The normalized spacial score (nSPS) is 33.3. The third-order valence-corrected chi connectivity index (χ3v) is 8.96. The minimum atomic E-state index is -1.36. The minimum absolute atomic E-state index is 0.130. The first-order valence-corrected chi connectivity index (χ1v) is 13.9. The van der Waals surface area contributed by atoms with E-state index in [2.05, 4.69) is 0 Å². The Balaban J connectivity index is 1.70. The van der Waals surface area contributed by atoms with Crippen LogP contribution in [0.2, 0.25) is 5.02 Å². The van der Waals surface area contributed by atoms with Crippen LogP contribution in [0.25, 0.3) is 0 Å². The van der Waals surface area contributed by atoms with Crippen molar-refractivity contribution in [1.29, 1.82) is 0 Å². The number of aliphatic hydroxyl groups is 1. The molecule has 204 valence electrons. The monoisotopic (exact) mass is 541 g/mol. The molecule has 8 nitrogen and oxygen atoms in total. The number of likely N-dealkylation sites (tertiary alicyclic amines) is 1. The molecule has 1 N–H and O–H groups in total. The number of rotatable bonds is 6. The molecule has 4 aliphatic heterocycles. The maximum absolute atomic E-state index is 14.5. The smallest absolute Gasteiger partial charge is 0.253 e. The molecule has 4 heterocycles. The highest BCUT2D eigenvalue weighted by atomic mass is 35.5. The Labute approximate surface area is 228 Å². The van der Waals surface area contributed by atoms with Gasteiger partial charge in [-0.05, 0) is 38.3 Å². The highest BCUT2D eigenvalue weighted by molar-refractivity contribution is 6.34. The molecule has 1 aromatic rings. The van der Waals surface area contributed by atoms with Crippen LogP contribution in [-0.2, 0) is 19.1 Å². The van der Waals surface area contributed by atoms with Crippen molar-refractivity contribution >= 4 is 35.0 Å². The van der Waals surface area contributed by atoms with Crippen LogP contribution in [0.15, 0.2) is 42.5 Å². The quantitative estimate of drug-likeness (QED) is 0.559. The van der Waals surface area contributed by atoms with Gasteiger partial charge in [0.1, 0.15) is 11.6 Å². The number of nitrogens with zero attached hydrogens (tertiary/aromatic N) is 3. The number of carbonyl (C=O) groups is 3. The van der Waals surface area contributed by atoms with Gasteiger partial charge in [0.15, 0.2) is 0 Å². The third kappa shape index (κ3) is 3.67. The summed E-state index contributed by atoms with van der Waals surface area (Å²) in [6, 6.07) is 3.74. The molecule has 4 aliphatic rings. The second-order valence-electron chi connectivity index (χ2n) is 10.8. The van der Waals surface area contributed by atoms with Crippen molar-refractivity contribution in [3.05, 3.63) is 53.1 Å².